The molecular formula is C9H9BrN4. The first-order valence-electron chi connectivity index (χ1n) is 4.19. The number of hydrogen-bond acceptors (Lipinski definition) is 3. The third kappa shape index (κ3) is 2.11. The summed E-state index contributed by atoms with van der Waals surface area (Å²) in [6, 6.07) is 5.75. The molecule has 0 radical (unpaired) electrons. The monoisotopic (exact) mass is 252 g/mol. The Hall–Kier alpha value is -1.36. The molecule has 0 aliphatic rings. The SMILES string of the molecule is Brc1cccnc1NCc1ccn[nH]1. The minimum absolute atomic E-state index is 0.690. The number of nitrogens with one attached hydrogen (secondary N) is 2. The number of pyridine rings is 1. The average Bonchev–Trinajstić information content (AvgIpc) is 2.69. The highest BCUT2D eigenvalue weighted by Gasteiger charge is 1.99. The van der Waals surface area contributed by atoms with Gasteiger partial charge in [-0.1, -0.05) is 0 Å². The molecule has 0 atom stereocenters. The lowest BCUT2D eigenvalue weighted by Crippen LogP contribution is -2.01. The lowest BCUT2D eigenvalue weighted by Gasteiger charge is -2.04. The van der Waals surface area contributed by atoms with E-state index in [0.717, 1.165) is 16.0 Å². The van der Waals surface area contributed by atoms with E-state index >= 15 is 0 Å². The fraction of sp³-hybridized carbons (Fsp3) is 0.111. The number of aromatic nitrogens is 3. The van der Waals surface area contributed by atoms with Gasteiger partial charge >= 0.3 is 0 Å². The summed E-state index contributed by atoms with van der Waals surface area (Å²) in [6.45, 7) is 0.690. The Morgan fingerprint density at radius 2 is 2.29 bits per heavy atom. The summed E-state index contributed by atoms with van der Waals surface area (Å²) in [5.74, 6) is 0.835. The molecule has 2 N–H and O–H groups in total. The molecule has 0 saturated carbocycles. The molecule has 0 aromatic carbocycles. The van der Waals surface area contributed by atoms with E-state index in [2.05, 4.69) is 36.4 Å². The summed E-state index contributed by atoms with van der Waals surface area (Å²) in [7, 11) is 0. The summed E-state index contributed by atoms with van der Waals surface area (Å²) in [6.07, 6.45) is 3.48. The summed E-state index contributed by atoms with van der Waals surface area (Å²) in [4.78, 5) is 4.19. The van der Waals surface area contributed by atoms with Crippen molar-refractivity contribution in [2.75, 3.05) is 5.32 Å². The van der Waals surface area contributed by atoms with Crippen LogP contribution in [0.4, 0.5) is 5.82 Å². The van der Waals surface area contributed by atoms with Crippen molar-refractivity contribution in [3.63, 3.8) is 0 Å². The largest absolute Gasteiger partial charge is 0.364 e. The molecule has 0 amide bonds. The van der Waals surface area contributed by atoms with Gasteiger partial charge in [0.1, 0.15) is 5.82 Å². The predicted molar refractivity (Wildman–Crippen MR) is 57.9 cm³/mol. The van der Waals surface area contributed by atoms with Gasteiger partial charge in [-0.2, -0.15) is 5.10 Å². The van der Waals surface area contributed by atoms with Gasteiger partial charge < -0.3 is 5.32 Å². The van der Waals surface area contributed by atoms with Crippen molar-refractivity contribution in [1.82, 2.24) is 15.2 Å². The second-order valence-electron chi connectivity index (χ2n) is 2.77. The number of hydrogen-bond donors (Lipinski definition) is 2. The van der Waals surface area contributed by atoms with E-state index in [4.69, 9.17) is 0 Å². The normalized spacial score (nSPS) is 10.1. The van der Waals surface area contributed by atoms with Crippen molar-refractivity contribution in [1.29, 1.82) is 0 Å². The second-order valence-corrected chi connectivity index (χ2v) is 3.62. The molecule has 0 saturated heterocycles. The van der Waals surface area contributed by atoms with Crippen molar-refractivity contribution < 1.29 is 0 Å². The van der Waals surface area contributed by atoms with Crippen LogP contribution in [0.1, 0.15) is 5.69 Å². The molecule has 2 aromatic rings. The molecule has 72 valence electrons. The Labute approximate surface area is 89.9 Å². The van der Waals surface area contributed by atoms with E-state index in [1.807, 2.05) is 18.2 Å². The Bertz CT molecular complexity index is 399. The maximum atomic E-state index is 4.19. The molecule has 2 heterocycles. The van der Waals surface area contributed by atoms with Crippen LogP contribution in [0, 0.1) is 0 Å². The van der Waals surface area contributed by atoms with Crippen molar-refractivity contribution in [2.45, 2.75) is 6.54 Å². The maximum absolute atomic E-state index is 4.19. The van der Waals surface area contributed by atoms with Gasteiger partial charge in [-0.25, -0.2) is 4.98 Å². The van der Waals surface area contributed by atoms with Crippen molar-refractivity contribution in [3.8, 4) is 0 Å². The van der Waals surface area contributed by atoms with Gasteiger partial charge in [-0.05, 0) is 34.1 Å². The molecule has 0 unspecified atom stereocenters. The van der Waals surface area contributed by atoms with Crippen LogP contribution in [-0.2, 0) is 6.54 Å². The number of aromatic amines is 1. The van der Waals surface area contributed by atoms with Crippen LogP contribution in [0.5, 0.6) is 0 Å². The van der Waals surface area contributed by atoms with Gasteiger partial charge in [-0.3, -0.25) is 5.10 Å². The van der Waals surface area contributed by atoms with Crippen molar-refractivity contribution in [3.05, 3.63) is 40.8 Å². The topological polar surface area (TPSA) is 53.6 Å². The highest BCUT2D eigenvalue weighted by Crippen LogP contribution is 2.18. The minimum atomic E-state index is 0.690. The Kier molecular flexibility index (Phi) is 2.78. The summed E-state index contributed by atoms with van der Waals surface area (Å²) >= 11 is 3.41. The van der Waals surface area contributed by atoms with E-state index in [1.165, 1.54) is 0 Å². The van der Waals surface area contributed by atoms with Crippen LogP contribution >= 0.6 is 15.9 Å². The quantitative estimate of drug-likeness (QED) is 0.881. The van der Waals surface area contributed by atoms with Crippen LogP contribution in [0.3, 0.4) is 0 Å². The van der Waals surface area contributed by atoms with Crippen LogP contribution in [0.2, 0.25) is 0 Å². The second kappa shape index (κ2) is 4.23. The van der Waals surface area contributed by atoms with E-state index in [1.54, 1.807) is 12.4 Å². The molecule has 2 rings (SSSR count). The number of H-pyrrole nitrogens is 1. The highest BCUT2D eigenvalue weighted by molar-refractivity contribution is 9.10. The molecule has 4 nitrogen and oxygen atoms in total. The van der Waals surface area contributed by atoms with Crippen LogP contribution in [-0.4, -0.2) is 15.2 Å². The number of halogens is 1. The van der Waals surface area contributed by atoms with E-state index < -0.39 is 0 Å². The molecule has 0 fully saturated rings. The first-order valence-corrected chi connectivity index (χ1v) is 4.98. The number of anilines is 1. The van der Waals surface area contributed by atoms with E-state index in [9.17, 15) is 0 Å². The molecular weight excluding hydrogens is 244 g/mol. The zero-order valence-corrected chi connectivity index (χ0v) is 8.95. The van der Waals surface area contributed by atoms with Gasteiger partial charge in [0, 0.05) is 12.4 Å². The van der Waals surface area contributed by atoms with Crippen molar-refractivity contribution in [2.24, 2.45) is 0 Å². The molecule has 2 aromatic heterocycles. The fourth-order valence-corrected chi connectivity index (χ4v) is 1.47. The van der Waals surface area contributed by atoms with Crippen LogP contribution in [0.15, 0.2) is 35.1 Å². The predicted octanol–water partition coefficient (Wildman–Crippen LogP) is 2.18. The zero-order valence-electron chi connectivity index (χ0n) is 7.37. The first-order chi connectivity index (χ1) is 6.86. The number of rotatable bonds is 3. The lowest BCUT2D eigenvalue weighted by atomic mass is 10.4. The molecule has 5 heteroatoms. The lowest BCUT2D eigenvalue weighted by molar-refractivity contribution is 0.973. The van der Waals surface area contributed by atoms with Crippen molar-refractivity contribution >= 4 is 21.7 Å². The summed E-state index contributed by atoms with van der Waals surface area (Å²) < 4.78 is 0.958. The zero-order chi connectivity index (χ0) is 9.80. The van der Waals surface area contributed by atoms with Crippen LogP contribution < -0.4 is 5.32 Å². The Morgan fingerprint density at radius 3 is 3.00 bits per heavy atom. The molecule has 0 aliphatic carbocycles. The molecule has 0 aliphatic heterocycles. The fourth-order valence-electron chi connectivity index (χ4n) is 1.08. The Balaban J connectivity index is 2.02. The standard InChI is InChI=1S/C9H9BrN4/c10-8-2-1-4-11-9(8)12-6-7-3-5-13-14-7/h1-5H,6H2,(H,11,12)(H,13,14). The third-order valence-electron chi connectivity index (χ3n) is 1.76. The van der Waals surface area contributed by atoms with Gasteiger partial charge in [0.15, 0.2) is 0 Å². The summed E-state index contributed by atoms with van der Waals surface area (Å²) in [5, 5.41) is 9.92. The van der Waals surface area contributed by atoms with Gasteiger partial charge in [0.05, 0.1) is 16.7 Å². The highest BCUT2D eigenvalue weighted by atomic mass is 79.9. The van der Waals surface area contributed by atoms with Gasteiger partial charge in [0.2, 0.25) is 0 Å². The first kappa shape index (κ1) is 9.21. The van der Waals surface area contributed by atoms with E-state index in [0.29, 0.717) is 6.54 Å². The van der Waals surface area contributed by atoms with E-state index in [-0.39, 0.29) is 0 Å². The van der Waals surface area contributed by atoms with Crippen LogP contribution in [0.25, 0.3) is 0 Å². The summed E-state index contributed by atoms with van der Waals surface area (Å²) in [5.41, 5.74) is 1.03. The average molecular weight is 253 g/mol. The van der Waals surface area contributed by atoms with Gasteiger partial charge in [0.25, 0.3) is 0 Å². The number of nitrogens with zero attached hydrogens (tertiary/aromatic N) is 2. The molecule has 0 bridgehead atoms. The molecule has 0 spiro atoms. The Morgan fingerprint density at radius 1 is 1.36 bits per heavy atom. The maximum Gasteiger partial charge on any atom is 0.140 e. The smallest absolute Gasteiger partial charge is 0.140 e. The molecule has 14 heavy (non-hydrogen) atoms. The van der Waals surface area contributed by atoms with Gasteiger partial charge in [-0.15, -0.1) is 0 Å². The minimum Gasteiger partial charge on any atom is -0.364 e. The third-order valence-corrected chi connectivity index (χ3v) is 2.40.